The lowest BCUT2D eigenvalue weighted by atomic mass is 9.43. The first kappa shape index (κ1) is 24.6. The van der Waals surface area contributed by atoms with E-state index in [0.29, 0.717) is 35.7 Å². The van der Waals surface area contributed by atoms with Crippen molar-refractivity contribution in [2.24, 2.45) is 46.3 Å². The van der Waals surface area contributed by atoms with E-state index in [1.807, 2.05) is 0 Å². The van der Waals surface area contributed by atoms with Crippen molar-refractivity contribution >= 4 is 11.8 Å². The lowest BCUT2D eigenvalue weighted by molar-refractivity contribution is -0.168. The fourth-order valence-corrected chi connectivity index (χ4v) is 9.33. The minimum atomic E-state index is -0.286. The molecule has 0 aromatic rings. The van der Waals surface area contributed by atoms with Gasteiger partial charge in [0.05, 0.1) is 10.8 Å². The van der Waals surface area contributed by atoms with Crippen molar-refractivity contribution in [2.75, 3.05) is 0 Å². The van der Waals surface area contributed by atoms with Gasteiger partial charge in [-0.05, 0) is 125 Å². The lowest BCUT2D eigenvalue weighted by Gasteiger charge is -2.60. The van der Waals surface area contributed by atoms with Crippen LogP contribution >= 0.6 is 0 Å². The Hall–Kier alpha value is -1.06. The van der Waals surface area contributed by atoms with Gasteiger partial charge < -0.3 is 10.6 Å². The summed E-state index contributed by atoms with van der Waals surface area (Å²) in [5.41, 5.74) is -0.572. The van der Waals surface area contributed by atoms with Crippen LogP contribution in [0.4, 0.5) is 0 Å². The van der Waals surface area contributed by atoms with Gasteiger partial charge in [-0.2, -0.15) is 0 Å². The molecular formula is C30H50N2O2. The summed E-state index contributed by atoms with van der Waals surface area (Å²) in [4.78, 5) is 27.6. The number of hydrogen-bond donors (Lipinski definition) is 2. The number of nitrogens with one attached hydrogen (secondary N) is 2. The molecule has 2 N–H and O–H groups in total. The molecule has 0 aliphatic heterocycles. The first-order valence-electron chi connectivity index (χ1n) is 14.8. The highest BCUT2D eigenvalue weighted by Gasteiger charge is 2.63. The minimum Gasteiger partial charge on any atom is -0.353 e. The Kier molecular flexibility index (Phi) is 6.83. The summed E-state index contributed by atoms with van der Waals surface area (Å²) in [6, 6.07) is 0.688. The number of hydrogen-bond acceptors (Lipinski definition) is 2. The van der Waals surface area contributed by atoms with Crippen molar-refractivity contribution in [3.63, 3.8) is 0 Å². The van der Waals surface area contributed by atoms with Crippen LogP contribution in [0.3, 0.4) is 0 Å². The molecule has 4 nitrogen and oxygen atoms in total. The van der Waals surface area contributed by atoms with Crippen molar-refractivity contribution in [3.05, 3.63) is 0 Å². The fourth-order valence-electron chi connectivity index (χ4n) is 9.33. The highest BCUT2D eigenvalue weighted by molar-refractivity contribution is 5.88. The van der Waals surface area contributed by atoms with Crippen LogP contribution in [0.5, 0.6) is 0 Å². The van der Waals surface area contributed by atoms with Crippen LogP contribution in [-0.2, 0) is 9.59 Å². The van der Waals surface area contributed by atoms with Crippen molar-refractivity contribution in [3.8, 4) is 0 Å². The molecule has 0 spiro atoms. The second-order valence-corrected chi connectivity index (χ2v) is 14.2. The van der Waals surface area contributed by atoms with Gasteiger partial charge in [-0.15, -0.1) is 0 Å². The van der Waals surface area contributed by atoms with Crippen LogP contribution in [0.25, 0.3) is 0 Å². The monoisotopic (exact) mass is 470 g/mol. The molecule has 0 saturated heterocycles. The molecule has 0 aromatic heterocycles. The Morgan fingerprint density at radius 3 is 1.29 bits per heavy atom. The standard InChI is InChI=1S/C30H50N2O2/c1-19(2)23-5-9-25(10-6-23)31-27(33)29-14-21-13-22(15-29)17-30(16-21,18-29)28(34)32-26-11-7-24(8-12-26)20(3)4/h19-26H,5-18H2,1-4H3,(H,31,33)(H,32,34). The molecular weight excluding hydrogens is 420 g/mol. The van der Waals surface area contributed by atoms with Crippen LogP contribution in [0, 0.1) is 46.3 Å². The third-order valence-corrected chi connectivity index (χ3v) is 11.1. The van der Waals surface area contributed by atoms with Gasteiger partial charge in [0.25, 0.3) is 0 Å². The Morgan fingerprint density at radius 1 is 0.618 bits per heavy atom. The zero-order chi connectivity index (χ0) is 24.1. The zero-order valence-corrected chi connectivity index (χ0v) is 22.3. The van der Waals surface area contributed by atoms with Crippen molar-refractivity contribution in [1.82, 2.24) is 10.6 Å². The van der Waals surface area contributed by atoms with E-state index < -0.39 is 0 Å². The van der Waals surface area contributed by atoms with E-state index in [-0.39, 0.29) is 10.8 Å². The van der Waals surface area contributed by atoms with Gasteiger partial charge in [0.15, 0.2) is 0 Å². The zero-order valence-electron chi connectivity index (χ0n) is 22.3. The fraction of sp³-hybridized carbons (Fsp3) is 0.933. The van der Waals surface area contributed by atoms with E-state index in [4.69, 9.17) is 0 Å². The highest BCUT2D eigenvalue weighted by atomic mass is 16.2. The first-order chi connectivity index (χ1) is 16.2. The molecule has 4 bridgehead atoms. The summed E-state index contributed by atoms with van der Waals surface area (Å²) in [6.45, 7) is 9.33. The number of amides is 2. The number of carbonyl (C=O) groups excluding carboxylic acids is 2. The quantitative estimate of drug-likeness (QED) is 0.483. The van der Waals surface area contributed by atoms with Gasteiger partial charge in [0.2, 0.25) is 11.8 Å². The van der Waals surface area contributed by atoms with E-state index in [9.17, 15) is 9.59 Å². The molecule has 6 aliphatic rings. The molecule has 34 heavy (non-hydrogen) atoms. The molecule has 6 rings (SSSR count). The smallest absolute Gasteiger partial charge is 0.226 e. The maximum Gasteiger partial charge on any atom is 0.226 e. The van der Waals surface area contributed by atoms with Gasteiger partial charge in [0, 0.05) is 12.1 Å². The summed E-state index contributed by atoms with van der Waals surface area (Å²) < 4.78 is 0. The van der Waals surface area contributed by atoms with Crippen LogP contribution in [0.15, 0.2) is 0 Å². The summed E-state index contributed by atoms with van der Waals surface area (Å²) >= 11 is 0. The first-order valence-corrected chi connectivity index (χ1v) is 14.8. The summed E-state index contributed by atoms with van der Waals surface area (Å²) in [5, 5.41) is 7.04. The molecule has 4 heteroatoms. The molecule has 0 unspecified atom stereocenters. The Labute approximate surface area is 208 Å². The maximum atomic E-state index is 13.8. The highest BCUT2D eigenvalue weighted by Crippen LogP contribution is 2.65. The van der Waals surface area contributed by atoms with Crippen LogP contribution in [0.1, 0.15) is 118 Å². The van der Waals surface area contributed by atoms with Crippen molar-refractivity contribution in [1.29, 1.82) is 0 Å². The average molecular weight is 471 g/mol. The molecule has 0 aromatic carbocycles. The van der Waals surface area contributed by atoms with Gasteiger partial charge >= 0.3 is 0 Å². The van der Waals surface area contributed by atoms with Crippen LogP contribution < -0.4 is 10.6 Å². The number of carbonyl (C=O) groups is 2. The van der Waals surface area contributed by atoms with Crippen LogP contribution in [-0.4, -0.2) is 23.9 Å². The van der Waals surface area contributed by atoms with E-state index >= 15 is 0 Å². The van der Waals surface area contributed by atoms with E-state index in [1.165, 1.54) is 32.1 Å². The number of rotatable bonds is 6. The third kappa shape index (κ3) is 4.69. The minimum absolute atomic E-state index is 0.286. The predicted octanol–water partition coefficient (Wildman–Crippen LogP) is 6.24. The van der Waals surface area contributed by atoms with E-state index in [1.54, 1.807) is 0 Å². The lowest BCUT2D eigenvalue weighted by Crippen LogP contribution is -2.62. The molecule has 0 heterocycles. The molecule has 0 radical (unpaired) electrons. The third-order valence-electron chi connectivity index (χ3n) is 11.1. The van der Waals surface area contributed by atoms with Gasteiger partial charge in [-0.3, -0.25) is 9.59 Å². The molecule has 192 valence electrons. The van der Waals surface area contributed by atoms with Crippen LogP contribution in [0.2, 0.25) is 0 Å². The Bertz CT molecular complexity index is 684. The molecule has 6 fully saturated rings. The summed E-state index contributed by atoms with van der Waals surface area (Å²) in [7, 11) is 0. The second-order valence-electron chi connectivity index (χ2n) is 14.2. The Balaban J connectivity index is 1.22. The van der Waals surface area contributed by atoms with Gasteiger partial charge in [-0.25, -0.2) is 0 Å². The topological polar surface area (TPSA) is 58.2 Å². The second kappa shape index (κ2) is 9.43. The van der Waals surface area contributed by atoms with E-state index in [2.05, 4.69) is 38.3 Å². The SMILES string of the molecule is CC(C)C1CCC(NC(=O)C23CC4CC(C2)CC(C(=O)NC2CCC(C(C)C)CC2)(C4)C3)CC1. The molecule has 6 aliphatic carbocycles. The maximum absolute atomic E-state index is 13.8. The van der Waals surface area contributed by atoms with Crippen molar-refractivity contribution in [2.45, 2.75) is 130 Å². The normalized spacial score (nSPS) is 43.8. The molecule has 2 amide bonds. The summed E-state index contributed by atoms with van der Waals surface area (Å²) in [5.74, 6) is 4.84. The Morgan fingerprint density at radius 2 is 0.971 bits per heavy atom. The van der Waals surface area contributed by atoms with Gasteiger partial charge in [-0.1, -0.05) is 27.7 Å². The largest absolute Gasteiger partial charge is 0.353 e. The van der Waals surface area contributed by atoms with Gasteiger partial charge in [0.1, 0.15) is 0 Å². The van der Waals surface area contributed by atoms with E-state index in [0.717, 1.165) is 81.5 Å². The van der Waals surface area contributed by atoms with Crippen molar-refractivity contribution < 1.29 is 9.59 Å². The summed E-state index contributed by atoms with van der Waals surface area (Å²) in [6.07, 6.45) is 15.6. The molecule has 0 atom stereocenters. The average Bonchev–Trinajstić information content (AvgIpc) is 2.79. The predicted molar refractivity (Wildman–Crippen MR) is 137 cm³/mol. The molecule has 6 saturated carbocycles.